The van der Waals surface area contributed by atoms with Gasteiger partial charge in [0.1, 0.15) is 5.75 Å². The van der Waals surface area contributed by atoms with Crippen molar-refractivity contribution in [2.75, 3.05) is 6.61 Å². The summed E-state index contributed by atoms with van der Waals surface area (Å²) in [6.07, 6.45) is 5.56. The first-order valence-corrected chi connectivity index (χ1v) is 7.94. The highest BCUT2D eigenvalue weighted by atomic mass is 35.6. The Balaban J connectivity index is 2.11. The summed E-state index contributed by atoms with van der Waals surface area (Å²) in [6, 6.07) is 7.69. The third-order valence-corrected chi connectivity index (χ3v) is 3.25. The van der Waals surface area contributed by atoms with E-state index < -0.39 is 3.79 Å². The Bertz CT molecular complexity index is 636. The number of hydrogen-bond donors (Lipinski definition) is 0. The van der Waals surface area contributed by atoms with Gasteiger partial charge in [0.2, 0.25) is 5.89 Å². The molecule has 4 nitrogen and oxygen atoms in total. The van der Waals surface area contributed by atoms with Gasteiger partial charge in [0.15, 0.2) is 0 Å². The van der Waals surface area contributed by atoms with Crippen LogP contribution in [0.4, 0.5) is 0 Å². The molecule has 0 aliphatic carbocycles. The highest BCUT2D eigenvalue weighted by Crippen LogP contribution is 2.37. The standard InChI is InChI=1S/C15H15Cl3N2O2/c1-2-3-10-21-12-7-5-4-6-11(12)8-9-13-19-20-14(22-13)15(16,17)18/h4-9H,2-3,10H2,1H3. The van der Waals surface area contributed by atoms with Crippen molar-refractivity contribution in [2.24, 2.45) is 0 Å². The minimum absolute atomic E-state index is 0.0652. The van der Waals surface area contributed by atoms with Gasteiger partial charge in [-0.25, -0.2) is 0 Å². The van der Waals surface area contributed by atoms with Crippen molar-refractivity contribution in [3.63, 3.8) is 0 Å². The van der Waals surface area contributed by atoms with Crippen LogP contribution in [0, 0.1) is 0 Å². The molecule has 0 bridgehead atoms. The van der Waals surface area contributed by atoms with E-state index in [1.165, 1.54) is 0 Å². The summed E-state index contributed by atoms with van der Waals surface area (Å²) in [5, 5.41) is 7.49. The zero-order valence-corrected chi connectivity index (χ0v) is 14.2. The maximum Gasteiger partial charge on any atom is 0.268 e. The molecule has 0 atom stereocenters. The smallest absolute Gasteiger partial charge is 0.268 e. The lowest BCUT2D eigenvalue weighted by Gasteiger charge is -2.08. The van der Waals surface area contributed by atoms with E-state index in [9.17, 15) is 0 Å². The topological polar surface area (TPSA) is 48.2 Å². The van der Waals surface area contributed by atoms with Gasteiger partial charge in [0.25, 0.3) is 9.68 Å². The van der Waals surface area contributed by atoms with Gasteiger partial charge in [0, 0.05) is 11.6 Å². The number of aromatic nitrogens is 2. The predicted molar refractivity (Wildman–Crippen MR) is 89.3 cm³/mol. The highest BCUT2D eigenvalue weighted by Gasteiger charge is 2.29. The quantitative estimate of drug-likeness (QED) is 0.521. The Morgan fingerprint density at radius 2 is 1.95 bits per heavy atom. The lowest BCUT2D eigenvalue weighted by atomic mass is 10.2. The van der Waals surface area contributed by atoms with E-state index in [0.717, 1.165) is 24.2 Å². The van der Waals surface area contributed by atoms with E-state index in [2.05, 4.69) is 17.1 Å². The Labute approximate surface area is 144 Å². The minimum atomic E-state index is -1.72. The van der Waals surface area contributed by atoms with Gasteiger partial charge in [-0.15, -0.1) is 10.2 Å². The van der Waals surface area contributed by atoms with E-state index >= 15 is 0 Å². The second-order valence-corrected chi connectivity index (χ2v) is 6.80. The number of benzene rings is 1. The Morgan fingerprint density at radius 1 is 1.18 bits per heavy atom. The molecular formula is C15H15Cl3N2O2. The van der Waals surface area contributed by atoms with Crippen molar-refractivity contribution in [2.45, 2.75) is 23.6 Å². The zero-order valence-electron chi connectivity index (χ0n) is 11.9. The molecule has 0 fully saturated rings. The number of rotatable bonds is 6. The van der Waals surface area contributed by atoms with Gasteiger partial charge < -0.3 is 9.15 Å². The van der Waals surface area contributed by atoms with Crippen molar-refractivity contribution in [3.8, 4) is 5.75 Å². The molecule has 7 heteroatoms. The second kappa shape index (κ2) is 7.86. The van der Waals surface area contributed by atoms with Crippen LogP contribution in [0.3, 0.4) is 0 Å². The molecule has 0 spiro atoms. The zero-order chi connectivity index (χ0) is 16.0. The summed E-state index contributed by atoms with van der Waals surface area (Å²) in [7, 11) is 0. The average molecular weight is 362 g/mol. The van der Waals surface area contributed by atoms with Gasteiger partial charge in [-0.3, -0.25) is 0 Å². The number of alkyl halides is 3. The molecule has 0 aliphatic heterocycles. The van der Waals surface area contributed by atoms with E-state index in [-0.39, 0.29) is 11.8 Å². The molecule has 1 aromatic carbocycles. The van der Waals surface area contributed by atoms with Crippen molar-refractivity contribution in [1.29, 1.82) is 0 Å². The number of unbranched alkanes of at least 4 members (excludes halogenated alkanes) is 1. The molecule has 0 aliphatic rings. The fourth-order valence-electron chi connectivity index (χ4n) is 1.65. The van der Waals surface area contributed by atoms with Crippen LogP contribution in [0.25, 0.3) is 12.2 Å². The molecule has 0 unspecified atom stereocenters. The Kier molecular flexibility index (Phi) is 6.12. The van der Waals surface area contributed by atoms with Crippen LogP contribution in [-0.4, -0.2) is 16.8 Å². The minimum Gasteiger partial charge on any atom is -0.493 e. The van der Waals surface area contributed by atoms with Gasteiger partial charge in [-0.05, 0) is 18.6 Å². The van der Waals surface area contributed by atoms with E-state index in [1.807, 2.05) is 30.3 Å². The first-order valence-electron chi connectivity index (χ1n) is 6.81. The van der Waals surface area contributed by atoms with Crippen LogP contribution in [0.2, 0.25) is 0 Å². The Morgan fingerprint density at radius 3 is 2.64 bits per heavy atom. The highest BCUT2D eigenvalue weighted by molar-refractivity contribution is 6.66. The van der Waals surface area contributed by atoms with Crippen LogP contribution >= 0.6 is 34.8 Å². The summed E-state index contributed by atoms with van der Waals surface area (Å²) in [4.78, 5) is 0. The van der Waals surface area contributed by atoms with Gasteiger partial charge in [-0.1, -0.05) is 66.3 Å². The summed E-state index contributed by atoms with van der Waals surface area (Å²) in [5.41, 5.74) is 0.909. The summed E-state index contributed by atoms with van der Waals surface area (Å²) in [6.45, 7) is 2.80. The maximum atomic E-state index is 5.74. The molecule has 0 N–H and O–H groups in total. The molecule has 118 valence electrons. The fraction of sp³-hybridized carbons (Fsp3) is 0.333. The number of ether oxygens (including phenoxy) is 1. The van der Waals surface area contributed by atoms with Crippen molar-refractivity contribution >= 4 is 47.0 Å². The molecule has 0 amide bonds. The van der Waals surface area contributed by atoms with Gasteiger partial charge in [-0.2, -0.15) is 0 Å². The molecule has 22 heavy (non-hydrogen) atoms. The largest absolute Gasteiger partial charge is 0.493 e. The number of halogens is 3. The van der Waals surface area contributed by atoms with Crippen molar-refractivity contribution in [3.05, 3.63) is 41.6 Å². The fourth-order valence-corrected chi connectivity index (χ4v) is 1.88. The monoisotopic (exact) mass is 360 g/mol. The molecule has 0 saturated heterocycles. The van der Waals surface area contributed by atoms with Crippen molar-refractivity contribution < 1.29 is 9.15 Å². The number of nitrogens with zero attached hydrogens (tertiary/aromatic N) is 2. The van der Waals surface area contributed by atoms with Gasteiger partial charge in [0.05, 0.1) is 6.61 Å². The lowest BCUT2D eigenvalue weighted by molar-refractivity contribution is 0.309. The first-order chi connectivity index (χ1) is 10.5. The molecule has 2 rings (SSSR count). The third-order valence-electron chi connectivity index (χ3n) is 2.76. The summed E-state index contributed by atoms with van der Waals surface area (Å²) >= 11 is 17.0. The van der Waals surface area contributed by atoms with Crippen LogP contribution in [0.1, 0.15) is 37.1 Å². The normalized spacial score (nSPS) is 12.0. The van der Waals surface area contributed by atoms with Crippen LogP contribution < -0.4 is 4.74 Å². The number of para-hydroxylation sites is 1. The Hall–Kier alpha value is -1.23. The van der Waals surface area contributed by atoms with E-state index in [4.69, 9.17) is 44.0 Å². The third kappa shape index (κ3) is 4.90. The molecule has 1 heterocycles. The molecule has 0 saturated carbocycles. The predicted octanol–water partition coefficient (Wildman–Crippen LogP) is 5.25. The van der Waals surface area contributed by atoms with Gasteiger partial charge >= 0.3 is 0 Å². The first kappa shape index (κ1) is 17.1. The van der Waals surface area contributed by atoms with Crippen LogP contribution in [0.5, 0.6) is 5.75 Å². The van der Waals surface area contributed by atoms with E-state index in [1.54, 1.807) is 6.08 Å². The van der Waals surface area contributed by atoms with Crippen LogP contribution in [-0.2, 0) is 3.79 Å². The average Bonchev–Trinajstić information content (AvgIpc) is 2.95. The lowest BCUT2D eigenvalue weighted by Crippen LogP contribution is -1.99. The second-order valence-electron chi connectivity index (χ2n) is 4.52. The molecule has 1 aromatic heterocycles. The van der Waals surface area contributed by atoms with E-state index in [0.29, 0.717) is 6.61 Å². The SMILES string of the molecule is CCCCOc1ccccc1C=Cc1nnc(C(Cl)(Cl)Cl)o1. The molecule has 0 radical (unpaired) electrons. The van der Waals surface area contributed by atoms with Crippen molar-refractivity contribution in [1.82, 2.24) is 10.2 Å². The maximum absolute atomic E-state index is 5.74. The number of hydrogen-bond acceptors (Lipinski definition) is 4. The van der Waals surface area contributed by atoms with Crippen LogP contribution in [0.15, 0.2) is 28.7 Å². The summed E-state index contributed by atoms with van der Waals surface area (Å²) in [5.74, 6) is 0.989. The molecule has 2 aromatic rings. The summed E-state index contributed by atoms with van der Waals surface area (Å²) < 4.78 is 9.28. The molecular weight excluding hydrogens is 347 g/mol.